The number of nitrogens with one attached hydrogen (secondary N) is 3. The van der Waals surface area contributed by atoms with E-state index in [1.54, 1.807) is 35.2 Å². The number of halogens is 2. The molecule has 4 aromatic rings. The predicted molar refractivity (Wildman–Crippen MR) is 209 cm³/mol. The Labute approximate surface area is 334 Å². The molecule has 4 amide bonds. The quantitative estimate of drug-likeness (QED) is 0.0960. The standard InChI is InChI=1S/C42H46F2N8O6/c1-3-37(54)51-22-16-32(17-23-51)52-26-31(49-50-52)12-15-36(53)45-20-5-4-6-21-46-39(55)29-9-7-8-28(24-29)38-27(2)10-14-35(47-38)48-40(56)41(18-19-41)30-11-13-33-34(25-30)58-42(43,44)57-33/h3,7-11,13-14,24-26,32H,1,4-6,12,15-23H2,2H3,(H,45,53)(H,46,55)(H,47,48,56). The zero-order valence-electron chi connectivity index (χ0n) is 32.3. The smallest absolute Gasteiger partial charge is 0.395 e. The Morgan fingerprint density at radius 2 is 1.71 bits per heavy atom. The molecule has 2 aromatic carbocycles. The number of fused-ring (bicyclic) bond motifs is 1. The minimum atomic E-state index is -3.74. The number of unbranched alkanes of at least 4 members (excludes halogenated alkanes) is 2. The Balaban J connectivity index is 0.817. The van der Waals surface area contributed by atoms with Crippen molar-refractivity contribution in [2.24, 2.45) is 0 Å². The molecule has 304 valence electrons. The molecule has 58 heavy (non-hydrogen) atoms. The van der Waals surface area contributed by atoms with Crippen molar-refractivity contribution in [3.05, 3.63) is 95.8 Å². The highest BCUT2D eigenvalue weighted by molar-refractivity contribution is 6.01. The van der Waals surface area contributed by atoms with E-state index in [0.717, 1.165) is 43.4 Å². The third kappa shape index (κ3) is 9.32. The van der Waals surface area contributed by atoms with Crippen LogP contribution >= 0.6 is 0 Å². The van der Waals surface area contributed by atoms with Crippen LogP contribution in [-0.4, -0.2) is 81.0 Å². The minimum absolute atomic E-state index is 0.0542. The molecule has 0 radical (unpaired) electrons. The van der Waals surface area contributed by atoms with Gasteiger partial charge >= 0.3 is 6.29 Å². The molecule has 0 atom stereocenters. The van der Waals surface area contributed by atoms with Crippen molar-refractivity contribution in [3.63, 3.8) is 0 Å². The van der Waals surface area contributed by atoms with E-state index in [1.807, 2.05) is 29.9 Å². The van der Waals surface area contributed by atoms with E-state index in [2.05, 4.69) is 42.3 Å². The number of aromatic nitrogens is 4. The van der Waals surface area contributed by atoms with Gasteiger partial charge in [-0.05, 0) is 99.4 Å². The van der Waals surface area contributed by atoms with Crippen molar-refractivity contribution in [2.45, 2.75) is 82.5 Å². The molecule has 1 saturated carbocycles. The molecule has 14 nitrogen and oxygen atoms in total. The molecular formula is C42H46F2N8O6. The molecule has 0 unspecified atom stereocenters. The first-order chi connectivity index (χ1) is 27.9. The number of pyridine rings is 1. The second-order valence-corrected chi connectivity index (χ2v) is 14.9. The summed E-state index contributed by atoms with van der Waals surface area (Å²) < 4.78 is 38.1. The first kappa shape index (κ1) is 40.0. The van der Waals surface area contributed by atoms with Gasteiger partial charge in [-0.15, -0.1) is 13.9 Å². The van der Waals surface area contributed by atoms with Gasteiger partial charge in [0.2, 0.25) is 17.7 Å². The number of amides is 4. The highest BCUT2D eigenvalue weighted by atomic mass is 19.3. The monoisotopic (exact) mass is 796 g/mol. The fourth-order valence-electron chi connectivity index (χ4n) is 7.33. The molecule has 2 aliphatic heterocycles. The van der Waals surface area contributed by atoms with Crippen molar-refractivity contribution in [2.75, 3.05) is 31.5 Å². The summed E-state index contributed by atoms with van der Waals surface area (Å²) in [5.41, 5.74) is 3.05. The number of aryl methyl sites for hydroxylation is 2. The number of ether oxygens (including phenoxy) is 2. The number of alkyl halides is 2. The number of likely N-dealkylation sites (tertiary alicyclic amines) is 1. The lowest BCUT2D eigenvalue weighted by atomic mass is 9.94. The molecule has 1 aliphatic carbocycles. The Kier molecular flexibility index (Phi) is 11.8. The van der Waals surface area contributed by atoms with Gasteiger partial charge in [-0.3, -0.25) is 19.2 Å². The summed E-state index contributed by atoms with van der Waals surface area (Å²) >= 11 is 0. The first-order valence-electron chi connectivity index (χ1n) is 19.6. The summed E-state index contributed by atoms with van der Waals surface area (Å²) in [7, 11) is 0. The van der Waals surface area contributed by atoms with E-state index in [0.29, 0.717) is 80.1 Å². The molecule has 3 aliphatic rings. The van der Waals surface area contributed by atoms with Crippen molar-refractivity contribution in [3.8, 4) is 22.8 Å². The minimum Gasteiger partial charge on any atom is -0.395 e. The van der Waals surface area contributed by atoms with Crippen LogP contribution in [0.15, 0.2) is 73.4 Å². The summed E-state index contributed by atoms with van der Waals surface area (Å²) in [4.78, 5) is 57.3. The van der Waals surface area contributed by atoms with Crippen molar-refractivity contribution >= 4 is 29.4 Å². The van der Waals surface area contributed by atoms with E-state index < -0.39 is 11.7 Å². The first-order valence-corrected chi connectivity index (χ1v) is 19.6. The van der Waals surface area contributed by atoms with Gasteiger partial charge in [0.25, 0.3) is 5.91 Å². The summed E-state index contributed by atoms with van der Waals surface area (Å²) in [5, 5.41) is 17.3. The fourth-order valence-corrected chi connectivity index (χ4v) is 7.33. The summed E-state index contributed by atoms with van der Waals surface area (Å²) in [6.07, 6.45) is 5.29. The van der Waals surface area contributed by atoms with Gasteiger partial charge in [0.1, 0.15) is 5.82 Å². The third-order valence-electron chi connectivity index (χ3n) is 10.8. The molecule has 2 fully saturated rings. The number of hydrogen-bond acceptors (Lipinski definition) is 9. The molecule has 1 saturated heterocycles. The van der Waals surface area contributed by atoms with Crippen LogP contribution in [-0.2, 0) is 26.2 Å². The molecular weight excluding hydrogens is 751 g/mol. The summed E-state index contributed by atoms with van der Waals surface area (Å²) in [6.45, 7) is 7.76. The molecule has 0 bridgehead atoms. The Bertz CT molecular complexity index is 2200. The summed E-state index contributed by atoms with van der Waals surface area (Å²) in [5.74, 6) is -0.497. The zero-order chi connectivity index (χ0) is 40.9. The van der Waals surface area contributed by atoms with Crippen LogP contribution in [0.4, 0.5) is 14.6 Å². The highest BCUT2D eigenvalue weighted by Crippen LogP contribution is 2.52. The van der Waals surface area contributed by atoms with E-state index in [-0.39, 0.29) is 41.2 Å². The van der Waals surface area contributed by atoms with Gasteiger partial charge in [0.15, 0.2) is 11.5 Å². The van der Waals surface area contributed by atoms with Gasteiger partial charge < -0.3 is 30.3 Å². The largest absolute Gasteiger partial charge is 0.586 e. The van der Waals surface area contributed by atoms with Crippen LogP contribution in [0, 0.1) is 6.92 Å². The third-order valence-corrected chi connectivity index (χ3v) is 10.8. The lowest BCUT2D eigenvalue weighted by Crippen LogP contribution is -2.38. The molecule has 7 rings (SSSR count). The highest BCUT2D eigenvalue weighted by Gasteiger charge is 2.53. The number of piperidine rings is 1. The number of nitrogens with zero attached hydrogens (tertiary/aromatic N) is 5. The van der Waals surface area contributed by atoms with Crippen LogP contribution in [0.25, 0.3) is 11.3 Å². The normalized spacial score (nSPS) is 16.4. The molecule has 2 aromatic heterocycles. The maximum Gasteiger partial charge on any atom is 0.586 e. The molecule has 3 N–H and O–H groups in total. The lowest BCUT2D eigenvalue weighted by Gasteiger charge is -2.31. The van der Waals surface area contributed by atoms with Gasteiger partial charge in [0.05, 0.1) is 22.8 Å². The van der Waals surface area contributed by atoms with Gasteiger partial charge in [-0.2, -0.15) is 0 Å². The number of benzene rings is 2. The second kappa shape index (κ2) is 17.1. The SMILES string of the molecule is C=CC(=O)N1CCC(n2cc(CCC(=O)NCCCCCNC(=O)c3cccc(-c4nc(NC(=O)C5(c6ccc7c(c6)OC(F)(F)O7)CC5)ccc4C)c3)nn2)CC1. The van der Waals surface area contributed by atoms with Gasteiger partial charge in [-0.25, -0.2) is 9.67 Å². The average Bonchev–Trinajstić information content (AvgIpc) is 3.79. The number of carbonyl (C=O) groups excluding carboxylic acids is 4. The van der Waals surface area contributed by atoms with Crippen LogP contribution < -0.4 is 25.4 Å². The molecule has 0 spiro atoms. The van der Waals surface area contributed by atoms with Gasteiger partial charge in [0, 0.05) is 56.3 Å². The Morgan fingerprint density at radius 1 is 0.948 bits per heavy atom. The van der Waals surface area contributed by atoms with Crippen LogP contribution in [0.1, 0.15) is 84.6 Å². The zero-order valence-corrected chi connectivity index (χ0v) is 32.3. The Morgan fingerprint density at radius 3 is 2.47 bits per heavy atom. The van der Waals surface area contributed by atoms with Crippen molar-refractivity contribution in [1.29, 1.82) is 0 Å². The van der Waals surface area contributed by atoms with Crippen molar-refractivity contribution in [1.82, 2.24) is 35.5 Å². The lowest BCUT2D eigenvalue weighted by molar-refractivity contribution is -0.286. The van der Waals surface area contributed by atoms with E-state index >= 15 is 0 Å². The Hall–Kier alpha value is -6.19. The van der Waals surface area contributed by atoms with E-state index in [1.165, 1.54) is 18.2 Å². The number of anilines is 1. The average molecular weight is 797 g/mol. The maximum atomic E-state index is 13.6. The number of rotatable bonds is 16. The van der Waals surface area contributed by atoms with Crippen LogP contribution in [0.2, 0.25) is 0 Å². The van der Waals surface area contributed by atoms with Crippen LogP contribution in [0.3, 0.4) is 0 Å². The predicted octanol–water partition coefficient (Wildman–Crippen LogP) is 5.64. The number of carbonyl (C=O) groups is 4. The van der Waals surface area contributed by atoms with Crippen LogP contribution in [0.5, 0.6) is 11.5 Å². The molecule has 16 heteroatoms. The maximum absolute atomic E-state index is 13.6. The van der Waals surface area contributed by atoms with E-state index in [4.69, 9.17) is 4.98 Å². The number of hydrogen-bond donors (Lipinski definition) is 3. The van der Waals surface area contributed by atoms with E-state index in [9.17, 15) is 28.0 Å². The topological polar surface area (TPSA) is 170 Å². The molecule has 4 heterocycles. The summed E-state index contributed by atoms with van der Waals surface area (Å²) in [6, 6.07) is 15.2. The van der Waals surface area contributed by atoms with Gasteiger partial charge in [-0.1, -0.05) is 36.1 Å². The second-order valence-electron chi connectivity index (χ2n) is 14.9. The van der Waals surface area contributed by atoms with Crippen molar-refractivity contribution < 1.29 is 37.4 Å². The fraction of sp³-hybridized carbons (Fsp3) is 0.405.